The van der Waals surface area contributed by atoms with Crippen molar-refractivity contribution in [3.05, 3.63) is 69.8 Å². The van der Waals surface area contributed by atoms with Gasteiger partial charge in [0.25, 0.3) is 11.8 Å². The summed E-state index contributed by atoms with van der Waals surface area (Å²) in [5.74, 6) is -0.792. The molecule has 5 nitrogen and oxygen atoms in total. The number of nitrogens with zero attached hydrogens (tertiary/aromatic N) is 2. The van der Waals surface area contributed by atoms with Gasteiger partial charge in [0.2, 0.25) is 0 Å². The number of anilines is 1. The summed E-state index contributed by atoms with van der Waals surface area (Å²) in [6.07, 6.45) is 3.31. The van der Waals surface area contributed by atoms with Crippen LogP contribution in [0.4, 0.5) is 5.69 Å². The number of hydrogen-bond donors (Lipinski definition) is 1. The lowest BCUT2D eigenvalue weighted by molar-refractivity contribution is -0.130. The summed E-state index contributed by atoms with van der Waals surface area (Å²) >= 11 is 11.5. The first-order valence-electron chi connectivity index (χ1n) is 10.4. The van der Waals surface area contributed by atoms with E-state index in [1.807, 2.05) is 50.2 Å². The molecule has 0 aliphatic carbocycles. The van der Waals surface area contributed by atoms with Crippen molar-refractivity contribution in [3.63, 3.8) is 0 Å². The zero-order chi connectivity index (χ0) is 22.1. The molecule has 31 heavy (non-hydrogen) atoms. The van der Waals surface area contributed by atoms with E-state index >= 15 is 0 Å². The molecule has 0 spiro atoms. The molecule has 7 heteroatoms. The van der Waals surface area contributed by atoms with E-state index in [-0.39, 0.29) is 22.6 Å². The van der Waals surface area contributed by atoms with Crippen molar-refractivity contribution in [3.8, 4) is 0 Å². The van der Waals surface area contributed by atoms with Gasteiger partial charge in [-0.05, 0) is 72.9 Å². The lowest BCUT2D eigenvalue weighted by Crippen LogP contribution is -2.56. The Morgan fingerprint density at radius 2 is 2.00 bits per heavy atom. The molecule has 0 saturated carbocycles. The number of amides is 2. The first kappa shape index (κ1) is 21.5. The van der Waals surface area contributed by atoms with Gasteiger partial charge in [0.05, 0.1) is 0 Å². The molecule has 2 aromatic rings. The highest BCUT2D eigenvalue weighted by Gasteiger charge is 2.35. The SMILES string of the molecule is CC[C@H](C)N1C(=O)/C(=C/c2ccc3c(c2)CCN3Cc2ccccc2Cl)C(=O)NC1=S. The van der Waals surface area contributed by atoms with E-state index in [2.05, 4.69) is 16.3 Å². The van der Waals surface area contributed by atoms with E-state index in [0.29, 0.717) is 0 Å². The molecule has 0 aromatic heterocycles. The Kier molecular flexibility index (Phi) is 6.12. The number of nitrogens with one attached hydrogen (secondary N) is 1. The number of rotatable bonds is 5. The summed E-state index contributed by atoms with van der Waals surface area (Å²) in [5.41, 5.74) is 4.38. The molecule has 2 aliphatic heterocycles. The van der Waals surface area contributed by atoms with Gasteiger partial charge in [0.15, 0.2) is 5.11 Å². The first-order valence-corrected chi connectivity index (χ1v) is 11.2. The lowest BCUT2D eigenvalue weighted by atomic mass is 10.0. The van der Waals surface area contributed by atoms with E-state index in [1.54, 1.807) is 6.08 Å². The van der Waals surface area contributed by atoms with Crippen molar-refractivity contribution in [1.29, 1.82) is 0 Å². The number of benzene rings is 2. The second-order valence-electron chi connectivity index (χ2n) is 7.90. The summed E-state index contributed by atoms with van der Waals surface area (Å²) < 4.78 is 0. The lowest BCUT2D eigenvalue weighted by Gasteiger charge is -2.33. The van der Waals surface area contributed by atoms with Gasteiger partial charge in [0, 0.05) is 29.8 Å². The summed E-state index contributed by atoms with van der Waals surface area (Å²) in [6, 6.07) is 13.8. The molecule has 160 valence electrons. The molecule has 0 radical (unpaired) electrons. The van der Waals surface area contributed by atoms with E-state index < -0.39 is 5.91 Å². The van der Waals surface area contributed by atoms with Crippen molar-refractivity contribution < 1.29 is 9.59 Å². The zero-order valence-corrected chi connectivity index (χ0v) is 19.1. The number of carbonyl (C=O) groups excluding carboxylic acids is 2. The maximum Gasteiger partial charge on any atom is 0.265 e. The number of hydrogen-bond acceptors (Lipinski definition) is 4. The van der Waals surface area contributed by atoms with Crippen LogP contribution in [0, 0.1) is 0 Å². The van der Waals surface area contributed by atoms with Gasteiger partial charge in [-0.1, -0.05) is 42.8 Å². The molecule has 2 amide bonds. The van der Waals surface area contributed by atoms with Crippen LogP contribution in [0.5, 0.6) is 0 Å². The van der Waals surface area contributed by atoms with Crippen LogP contribution in [0.2, 0.25) is 5.02 Å². The molecule has 2 aliphatic rings. The third kappa shape index (κ3) is 4.23. The highest BCUT2D eigenvalue weighted by Crippen LogP contribution is 2.32. The van der Waals surface area contributed by atoms with Gasteiger partial charge in [-0.25, -0.2) is 0 Å². The van der Waals surface area contributed by atoms with E-state index in [1.165, 1.54) is 10.5 Å². The monoisotopic (exact) mass is 453 g/mol. The van der Waals surface area contributed by atoms with Crippen LogP contribution in [0.15, 0.2) is 48.0 Å². The van der Waals surface area contributed by atoms with E-state index in [4.69, 9.17) is 23.8 Å². The average Bonchev–Trinajstić information content (AvgIpc) is 3.14. The number of thiocarbonyl (C=S) groups is 1. The predicted octanol–water partition coefficient (Wildman–Crippen LogP) is 4.33. The Hall–Kier alpha value is -2.70. The number of halogens is 1. The van der Waals surface area contributed by atoms with E-state index in [0.717, 1.165) is 47.8 Å². The molecule has 1 atom stereocenters. The Labute approximate surface area is 192 Å². The van der Waals surface area contributed by atoms with Crippen molar-refractivity contribution in [2.75, 3.05) is 11.4 Å². The van der Waals surface area contributed by atoms with Crippen LogP contribution < -0.4 is 10.2 Å². The summed E-state index contributed by atoms with van der Waals surface area (Å²) in [5, 5.41) is 3.58. The first-order chi connectivity index (χ1) is 14.9. The van der Waals surface area contributed by atoms with Crippen LogP contribution in [0.1, 0.15) is 37.0 Å². The second-order valence-corrected chi connectivity index (χ2v) is 8.69. The zero-order valence-electron chi connectivity index (χ0n) is 17.5. The molecule has 1 saturated heterocycles. The molecule has 0 bridgehead atoms. The number of carbonyl (C=O) groups is 2. The maximum absolute atomic E-state index is 13.0. The van der Waals surface area contributed by atoms with Gasteiger partial charge >= 0.3 is 0 Å². The van der Waals surface area contributed by atoms with Crippen molar-refractivity contribution in [1.82, 2.24) is 10.2 Å². The summed E-state index contributed by atoms with van der Waals surface area (Å²) in [6.45, 7) is 5.54. The normalized spacial score (nSPS) is 18.4. The quantitative estimate of drug-likeness (QED) is 0.416. The predicted molar refractivity (Wildman–Crippen MR) is 128 cm³/mol. The Balaban J connectivity index is 1.59. The van der Waals surface area contributed by atoms with Crippen molar-refractivity contribution in [2.45, 2.75) is 39.3 Å². The summed E-state index contributed by atoms with van der Waals surface area (Å²) in [4.78, 5) is 29.2. The Morgan fingerprint density at radius 1 is 1.23 bits per heavy atom. The fourth-order valence-electron chi connectivity index (χ4n) is 4.00. The standard InChI is InChI=1S/C24H24ClN3O2S/c1-3-15(2)28-23(30)19(22(29)26-24(28)31)13-16-8-9-21-17(12-16)10-11-27(21)14-18-6-4-5-7-20(18)25/h4-9,12-13,15H,3,10-11,14H2,1-2H3,(H,26,29,31)/b19-13+/t15-/m0/s1. The van der Waals surface area contributed by atoms with Crippen molar-refractivity contribution in [2.24, 2.45) is 0 Å². The highest BCUT2D eigenvalue weighted by atomic mass is 35.5. The molecule has 2 aromatic carbocycles. The molecule has 0 unspecified atom stereocenters. The smallest absolute Gasteiger partial charge is 0.265 e. The average molecular weight is 454 g/mol. The third-order valence-electron chi connectivity index (χ3n) is 5.89. The summed E-state index contributed by atoms with van der Waals surface area (Å²) in [7, 11) is 0. The van der Waals surface area contributed by atoms with Gasteiger partial charge in [-0.3, -0.25) is 19.8 Å². The molecule has 2 heterocycles. The van der Waals surface area contributed by atoms with Crippen LogP contribution in [0.25, 0.3) is 6.08 Å². The minimum atomic E-state index is -0.449. The Morgan fingerprint density at radius 3 is 2.74 bits per heavy atom. The largest absolute Gasteiger partial charge is 0.367 e. The van der Waals surface area contributed by atoms with Crippen LogP contribution in [-0.4, -0.2) is 34.4 Å². The minimum Gasteiger partial charge on any atom is -0.367 e. The molecular weight excluding hydrogens is 430 g/mol. The van der Waals surface area contributed by atoms with Crippen LogP contribution >= 0.6 is 23.8 Å². The van der Waals surface area contributed by atoms with E-state index in [9.17, 15) is 9.59 Å². The maximum atomic E-state index is 13.0. The number of fused-ring (bicyclic) bond motifs is 1. The van der Waals surface area contributed by atoms with Crippen molar-refractivity contribution >= 4 is 52.5 Å². The molecule has 1 fully saturated rings. The molecule has 1 N–H and O–H groups in total. The third-order valence-corrected chi connectivity index (χ3v) is 6.56. The fourth-order valence-corrected chi connectivity index (χ4v) is 4.55. The van der Waals surface area contributed by atoms with Gasteiger partial charge < -0.3 is 4.90 Å². The fraction of sp³-hybridized carbons (Fsp3) is 0.292. The van der Waals surface area contributed by atoms with Crippen LogP contribution in [0.3, 0.4) is 0 Å². The van der Waals surface area contributed by atoms with Crippen LogP contribution in [-0.2, 0) is 22.6 Å². The molecular formula is C24H24ClN3O2S. The Bertz CT molecular complexity index is 1100. The highest BCUT2D eigenvalue weighted by molar-refractivity contribution is 7.80. The van der Waals surface area contributed by atoms with Gasteiger partial charge in [0.1, 0.15) is 5.57 Å². The van der Waals surface area contributed by atoms with Gasteiger partial charge in [-0.15, -0.1) is 0 Å². The second kappa shape index (κ2) is 8.81. The van der Waals surface area contributed by atoms with Gasteiger partial charge in [-0.2, -0.15) is 0 Å². The molecule has 4 rings (SSSR count). The minimum absolute atomic E-state index is 0.0811. The topological polar surface area (TPSA) is 52.7 Å².